The van der Waals surface area contributed by atoms with Crippen LogP contribution in [0.25, 0.3) is 11.3 Å². The molecule has 2 aliphatic rings. The summed E-state index contributed by atoms with van der Waals surface area (Å²) in [6.45, 7) is 0. The zero-order chi connectivity index (χ0) is 12.7. The van der Waals surface area contributed by atoms with Crippen LogP contribution in [-0.2, 0) is 0 Å². The van der Waals surface area contributed by atoms with E-state index < -0.39 is 0 Å². The first-order valence-corrected chi connectivity index (χ1v) is 7.14. The van der Waals surface area contributed by atoms with Crippen LogP contribution in [-0.4, -0.2) is 11.0 Å². The molecule has 2 saturated carbocycles. The van der Waals surface area contributed by atoms with Crippen LogP contribution >= 0.6 is 0 Å². The van der Waals surface area contributed by atoms with Gasteiger partial charge < -0.3 is 9.73 Å². The molecule has 3 atom stereocenters. The van der Waals surface area contributed by atoms with Gasteiger partial charge in [-0.3, -0.25) is 0 Å². The fraction of sp³-hybridized carbons (Fsp3) is 0.438. The zero-order valence-corrected chi connectivity index (χ0v) is 10.9. The van der Waals surface area contributed by atoms with Crippen LogP contribution in [0.4, 0.5) is 5.69 Å². The topological polar surface area (TPSA) is 38.1 Å². The number of anilines is 1. The molecule has 4 rings (SSSR count). The average Bonchev–Trinajstić information content (AvgIpc) is 3.17. The van der Waals surface area contributed by atoms with Crippen molar-refractivity contribution in [3.63, 3.8) is 0 Å². The zero-order valence-electron chi connectivity index (χ0n) is 10.9. The SMILES string of the molecule is c1ncc(-c2ccc(NC3CC4CCC3C4)cc2)o1. The van der Waals surface area contributed by atoms with Crippen molar-refractivity contribution in [3.05, 3.63) is 36.9 Å². The predicted molar refractivity (Wildman–Crippen MR) is 74.8 cm³/mol. The Hall–Kier alpha value is -1.77. The van der Waals surface area contributed by atoms with Gasteiger partial charge in [0.2, 0.25) is 0 Å². The maximum Gasteiger partial charge on any atom is 0.181 e. The summed E-state index contributed by atoms with van der Waals surface area (Å²) in [5.41, 5.74) is 2.30. The third-order valence-corrected chi connectivity index (χ3v) is 4.69. The Bertz CT molecular complexity index is 547. The van der Waals surface area contributed by atoms with E-state index in [4.69, 9.17) is 4.42 Å². The lowest BCUT2D eigenvalue weighted by Crippen LogP contribution is -2.25. The van der Waals surface area contributed by atoms with Gasteiger partial charge in [0.1, 0.15) is 0 Å². The minimum absolute atomic E-state index is 0.690. The molecule has 98 valence electrons. The number of hydrogen-bond acceptors (Lipinski definition) is 3. The summed E-state index contributed by atoms with van der Waals surface area (Å²) in [6.07, 6.45) is 8.88. The summed E-state index contributed by atoms with van der Waals surface area (Å²) < 4.78 is 5.30. The maximum absolute atomic E-state index is 5.30. The van der Waals surface area contributed by atoms with Crippen LogP contribution in [0, 0.1) is 11.8 Å². The molecule has 3 heteroatoms. The van der Waals surface area contributed by atoms with Crippen LogP contribution in [0.3, 0.4) is 0 Å². The third kappa shape index (κ3) is 2.03. The Morgan fingerprint density at radius 3 is 2.63 bits per heavy atom. The van der Waals surface area contributed by atoms with Gasteiger partial charge in [-0.15, -0.1) is 0 Å². The van der Waals surface area contributed by atoms with Crippen LogP contribution in [0.15, 0.2) is 41.3 Å². The maximum atomic E-state index is 5.30. The first-order chi connectivity index (χ1) is 9.38. The van der Waals surface area contributed by atoms with Crippen molar-refractivity contribution in [2.75, 3.05) is 5.32 Å². The van der Waals surface area contributed by atoms with Gasteiger partial charge >= 0.3 is 0 Å². The second-order valence-corrected chi connectivity index (χ2v) is 5.87. The quantitative estimate of drug-likeness (QED) is 0.901. The molecule has 2 aliphatic carbocycles. The molecule has 0 amide bonds. The first kappa shape index (κ1) is 11.1. The summed E-state index contributed by atoms with van der Waals surface area (Å²) in [5, 5.41) is 3.70. The Labute approximate surface area is 113 Å². The molecule has 3 unspecified atom stereocenters. The van der Waals surface area contributed by atoms with E-state index in [0.717, 1.165) is 23.2 Å². The van der Waals surface area contributed by atoms with Crippen LogP contribution in [0.5, 0.6) is 0 Å². The molecular weight excluding hydrogens is 236 g/mol. The fourth-order valence-electron chi connectivity index (χ4n) is 3.72. The van der Waals surface area contributed by atoms with E-state index in [1.54, 1.807) is 6.20 Å². The largest absolute Gasteiger partial charge is 0.444 e. The highest BCUT2D eigenvalue weighted by atomic mass is 16.3. The second-order valence-electron chi connectivity index (χ2n) is 5.87. The van der Waals surface area contributed by atoms with Gasteiger partial charge in [-0.05, 0) is 55.4 Å². The van der Waals surface area contributed by atoms with Gasteiger partial charge in [-0.2, -0.15) is 0 Å². The third-order valence-electron chi connectivity index (χ3n) is 4.69. The lowest BCUT2D eigenvalue weighted by atomic mass is 9.95. The Morgan fingerprint density at radius 1 is 1.11 bits per heavy atom. The monoisotopic (exact) mass is 254 g/mol. The number of benzene rings is 1. The van der Waals surface area contributed by atoms with E-state index in [0.29, 0.717) is 6.04 Å². The number of hydrogen-bond donors (Lipinski definition) is 1. The van der Waals surface area contributed by atoms with E-state index in [1.807, 2.05) is 0 Å². The van der Waals surface area contributed by atoms with Crippen molar-refractivity contribution < 1.29 is 4.42 Å². The molecule has 1 aromatic carbocycles. The minimum atomic E-state index is 0.690. The van der Waals surface area contributed by atoms with E-state index >= 15 is 0 Å². The number of nitrogens with one attached hydrogen (secondary N) is 1. The molecule has 2 aromatic rings. The Morgan fingerprint density at radius 2 is 2.00 bits per heavy atom. The van der Waals surface area contributed by atoms with Gasteiger partial charge in [0.25, 0.3) is 0 Å². The minimum Gasteiger partial charge on any atom is -0.444 e. The highest BCUT2D eigenvalue weighted by Gasteiger charge is 2.39. The smallest absolute Gasteiger partial charge is 0.181 e. The standard InChI is InChI=1S/C16H18N2O/c1-2-13-7-11(1)8-15(13)18-14-5-3-12(4-6-14)16-9-17-10-19-16/h3-6,9-11,13,15,18H,1-2,7-8H2. The van der Waals surface area contributed by atoms with Crippen molar-refractivity contribution in [2.45, 2.75) is 31.7 Å². The van der Waals surface area contributed by atoms with E-state index in [9.17, 15) is 0 Å². The molecule has 0 saturated heterocycles. The number of nitrogens with zero attached hydrogens (tertiary/aromatic N) is 1. The molecule has 0 aliphatic heterocycles. The number of fused-ring (bicyclic) bond motifs is 2. The Kier molecular flexibility index (Phi) is 2.57. The average molecular weight is 254 g/mol. The Balaban J connectivity index is 1.48. The van der Waals surface area contributed by atoms with E-state index in [-0.39, 0.29) is 0 Å². The summed E-state index contributed by atoms with van der Waals surface area (Å²) in [5.74, 6) is 2.71. The number of rotatable bonds is 3. The van der Waals surface area contributed by atoms with Gasteiger partial charge in [0.15, 0.2) is 12.2 Å². The van der Waals surface area contributed by atoms with Crippen molar-refractivity contribution >= 4 is 5.69 Å². The molecule has 1 aromatic heterocycles. The lowest BCUT2D eigenvalue weighted by molar-refractivity contribution is 0.440. The van der Waals surface area contributed by atoms with Crippen molar-refractivity contribution in [1.29, 1.82) is 0 Å². The molecule has 2 bridgehead atoms. The summed E-state index contributed by atoms with van der Waals surface area (Å²) in [4.78, 5) is 3.95. The van der Waals surface area contributed by atoms with Gasteiger partial charge in [0.05, 0.1) is 6.20 Å². The molecule has 1 heterocycles. The lowest BCUT2D eigenvalue weighted by Gasteiger charge is -2.24. The van der Waals surface area contributed by atoms with Gasteiger partial charge in [0, 0.05) is 17.3 Å². The van der Waals surface area contributed by atoms with Crippen molar-refractivity contribution in [2.24, 2.45) is 11.8 Å². The highest BCUT2D eigenvalue weighted by Crippen LogP contribution is 2.45. The summed E-state index contributed by atoms with van der Waals surface area (Å²) in [6, 6.07) is 9.16. The van der Waals surface area contributed by atoms with Crippen molar-refractivity contribution in [1.82, 2.24) is 4.98 Å². The van der Waals surface area contributed by atoms with Crippen LogP contribution in [0.1, 0.15) is 25.7 Å². The number of aromatic nitrogens is 1. The molecule has 19 heavy (non-hydrogen) atoms. The molecule has 0 spiro atoms. The fourth-order valence-corrected chi connectivity index (χ4v) is 3.72. The van der Waals surface area contributed by atoms with Gasteiger partial charge in [-0.1, -0.05) is 6.42 Å². The van der Waals surface area contributed by atoms with E-state index in [1.165, 1.54) is 37.8 Å². The second kappa shape index (κ2) is 4.41. The van der Waals surface area contributed by atoms with E-state index in [2.05, 4.69) is 34.6 Å². The predicted octanol–water partition coefficient (Wildman–Crippen LogP) is 3.94. The summed E-state index contributed by atoms with van der Waals surface area (Å²) in [7, 11) is 0. The molecule has 0 radical (unpaired) electrons. The van der Waals surface area contributed by atoms with Crippen molar-refractivity contribution in [3.8, 4) is 11.3 Å². The van der Waals surface area contributed by atoms with Crippen LogP contribution < -0.4 is 5.32 Å². The van der Waals surface area contributed by atoms with Gasteiger partial charge in [-0.25, -0.2) is 4.98 Å². The summed E-state index contributed by atoms with van der Waals surface area (Å²) >= 11 is 0. The highest BCUT2D eigenvalue weighted by molar-refractivity contribution is 5.60. The van der Waals surface area contributed by atoms with Crippen LogP contribution in [0.2, 0.25) is 0 Å². The molecule has 1 N–H and O–H groups in total. The molecular formula is C16H18N2O. The first-order valence-electron chi connectivity index (χ1n) is 7.14. The number of oxazole rings is 1. The normalized spacial score (nSPS) is 28.7. The molecule has 3 nitrogen and oxygen atoms in total. The molecule has 2 fully saturated rings.